The Hall–Kier alpha value is -1.87. The Morgan fingerprint density at radius 2 is 1.77 bits per heavy atom. The Bertz CT molecular complexity index is 1040. The number of hydrogen-bond donors (Lipinski definition) is 2. The highest BCUT2D eigenvalue weighted by Gasteiger charge is 2.19. The Morgan fingerprint density at radius 3 is 2.42 bits per heavy atom. The highest BCUT2D eigenvalue weighted by Crippen LogP contribution is 2.35. The van der Waals surface area contributed by atoms with Gasteiger partial charge in [-0.1, -0.05) is 52.2 Å². The summed E-state index contributed by atoms with van der Waals surface area (Å²) in [7, 11) is -3.73. The third-order valence-electron chi connectivity index (χ3n) is 3.46. The Labute approximate surface area is 164 Å². The molecule has 10 heteroatoms. The van der Waals surface area contributed by atoms with Crippen molar-refractivity contribution in [2.45, 2.75) is 11.8 Å². The van der Waals surface area contributed by atoms with Crippen LogP contribution in [0.1, 0.15) is 5.56 Å². The van der Waals surface area contributed by atoms with Crippen molar-refractivity contribution in [2.75, 3.05) is 11.2 Å². The topological polar surface area (TPSA) is 88.2 Å². The summed E-state index contributed by atoms with van der Waals surface area (Å²) in [4.78, 5) is 16.3. The summed E-state index contributed by atoms with van der Waals surface area (Å²) in [5.74, 6) is -1.39. The van der Waals surface area contributed by atoms with E-state index in [1.165, 1.54) is 23.5 Å². The minimum absolute atomic E-state index is 0.0943. The summed E-state index contributed by atoms with van der Waals surface area (Å²) in [5, 5.41) is 1.27. The van der Waals surface area contributed by atoms with E-state index in [-0.39, 0.29) is 4.90 Å². The quantitative estimate of drug-likeness (QED) is 0.601. The van der Waals surface area contributed by atoms with Gasteiger partial charge in [-0.05, 0) is 31.2 Å². The van der Waals surface area contributed by atoms with Crippen LogP contribution in [0, 0.1) is 6.92 Å². The number of hydrazine groups is 1. The SMILES string of the molecule is Cc1ccc(S(=O)(=O)CC(=O)NNc2nc3c(Cl)ccc(Cl)c3s2)cc1. The molecule has 0 bridgehead atoms. The Kier molecular flexibility index (Phi) is 5.38. The molecule has 0 aliphatic carbocycles. The van der Waals surface area contributed by atoms with Gasteiger partial charge in [0.2, 0.25) is 5.13 Å². The molecular weight excluding hydrogens is 417 g/mol. The van der Waals surface area contributed by atoms with Gasteiger partial charge in [-0.15, -0.1) is 0 Å². The number of sulfone groups is 1. The zero-order chi connectivity index (χ0) is 18.9. The molecule has 0 unspecified atom stereocenters. The van der Waals surface area contributed by atoms with Gasteiger partial charge in [0.1, 0.15) is 11.3 Å². The van der Waals surface area contributed by atoms with Crippen LogP contribution in [-0.2, 0) is 14.6 Å². The second-order valence-corrected chi connectivity index (χ2v) is 9.27. The highest BCUT2D eigenvalue weighted by molar-refractivity contribution is 7.92. The molecule has 6 nitrogen and oxygen atoms in total. The van der Waals surface area contributed by atoms with Crippen LogP contribution in [0.3, 0.4) is 0 Å². The molecule has 0 atom stereocenters. The summed E-state index contributed by atoms with van der Waals surface area (Å²) < 4.78 is 25.2. The smallest absolute Gasteiger partial charge is 0.253 e. The monoisotopic (exact) mass is 429 g/mol. The van der Waals surface area contributed by atoms with E-state index in [1.807, 2.05) is 6.92 Å². The number of aryl methyl sites for hydroxylation is 1. The lowest BCUT2D eigenvalue weighted by Gasteiger charge is -2.07. The lowest BCUT2D eigenvalue weighted by Crippen LogP contribution is -2.34. The zero-order valence-electron chi connectivity index (χ0n) is 13.4. The summed E-state index contributed by atoms with van der Waals surface area (Å²) in [6, 6.07) is 9.59. The van der Waals surface area contributed by atoms with Gasteiger partial charge in [0.15, 0.2) is 9.84 Å². The summed E-state index contributed by atoms with van der Waals surface area (Å²) in [6.07, 6.45) is 0. The van der Waals surface area contributed by atoms with Gasteiger partial charge < -0.3 is 0 Å². The standard InChI is InChI=1S/C16H13Cl2N3O3S2/c1-9-2-4-10(5-3-9)26(23,24)8-13(22)20-21-16-19-14-11(17)6-7-12(18)15(14)25-16/h2-7H,8H2,1H3,(H,19,21)(H,20,22). The number of nitrogens with zero attached hydrogens (tertiary/aromatic N) is 1. The molecule has 0 saturated carbocycles. The number of thiazole rings is 1. The van der Waals surface area contributed by atoms with E-state index >= 15 is 0 Å². The number of rotatable bonds is 5. The first-order valence-corrected chi connectivity index (χ1v) is 10.6. The van der Waals surface area contributed by atoms with Crippen LogP contribution in [0.5, 0.6) is 0 Å². The summed E-state index contributed by atoms with van der Waals surface area (Å²) >= 11 is 13.3. The maximum Gasteiger partial charge on any atom is 0.253 e. The lowest BCUT2D eigenvalue weighted by molar-refractivity contribution is -0.118. The van der Waals surface area contributed by atoms with Crippen molar-refractivity contribution in [3.8, 4) is 0 Å². The van der Waals surface area contributed by atoms with Crippen molar-refractivity contribution in [3.05, 3.63) is 52.0 Å². The van der Waals surface area contributed by atoms with E-state index < -0.39 is 21.5 Å². The van der Waals surface area contributed by atoms with Crippen molar-refractivity contribution in [3.63, 3.8) is 0 Å². The van der Waals surface area contributed by atoms with Crippen LogP contribution >= 0.6 is 34.5 Å². The van der Waals surface area contributed by atoms with Gasteiger partial charge in [0, 0.05) is 0 Å². The van der Waals surface area contributed by atoms with Crippen molar-refractivity contribution in [1.82, 2.24) is 10.4 Å². The molecular formula is C16H13Cl2N3O3S2. The van der Waals surface area contributed by atoms with E-state index in [9.17, 15) is 13.2 Å². The number of hydrogen-bond acceptors (Lipinski definition) is 6. The highest BCUT2D eigenvalue weighted by atomic mass is 35.5. The fraction of sp³-hybridized carbons (Fsp3) is 0.125. The van der Waals surface area contributed by atoms with Crippen molar-refractivity contribution in [2.24, 2.45) is 0 Å². The summed E-state index contributed by atoms with van der Waals surface area (Å²) in [5.41, 5.74) is 6.37. The molecule has 1 heterocycles. The molecule has 3 rings (SSSR count). The number of carbonyl (C=O) groups is 1. The summed E-state index contributed by atoms with van der Waals surface area (Å²) in [6.45, 7) is 1.85. The average Bonchev–Trinajstić information content (AvgIpc) is 3.02. The van der Waals surface area contributed by atoms with E-state index in [0.717, 1.165) is 5.56 Å². The largest absolute Gasteiger partial charge is 0.273 e. The number of amides is 1. The maximum atomic E-state index is 12.3. The van der Waals surface area contributed by atoms with Crippen molar-refractivity contribution >= 4 is 65.6 Å². The molecule has 0 spiro atoms. The molecule has 0 fully saturated rings. The van der Waals surface area contributed by atoms with Crippen LogP contribution in [0.4, 0.5) is 5.13 Å². The third-order valence-corrected chi connectivity index (χ3v) is 6.83. The fourth-order valence-corrected chi connectivity index (χ4v) is 4.67. The average molecular weight is 430 g/mol. The van der Waals surface area contributed by atoms with Gasteiger partial charge in [-0.3, -0.25) is 15.6 Å². The molecule has 1 amide bonds. The second kappa shape index (κ2) is 7.40. The molecule has 2 aromatic carbocycles. The molecule has 1 aromatic heterocycles. The van der Waals surface area contributed by atoms with Crippen LogP contribution < -0.4 is 10.9 Å². The molecule has 3 aromatic rings. The van der Waals surface area contributed by atoms with Gasteiger partial charge in [-0.25, -0.2) is 13.4 Å². The maximum absolute atomic E-state index is 12.3. The predicted octanol–water partition coefficient (Wildman–Crippen LogP) is 3.83. The number of halogens is 2. The van der Waals surface area contributed by atoms with Crippen LogP contribution in [-0.4, -0.2) is 25.1 Å². The zero-order valence-corrected chi connectivity index (χ0v) is 16.6. The normalized spacial score (nSPS) is 11.5. The molecule has 0 aliphatic rings. The number of benzene rings is 2. The first kappa shape index (κ1) is 18.9. The predicted molar refractivity (Wildman–Crippen MR) is 105 cm³/mol. The minimum Gasteiger partial charge on any atom is -0.273 e. The Morgan fingerprint density at radius 1 is 1.12 bits per heavy atom. The van der Waals surface area contributed by atoms with Crippen molar-refractivity contribution in [1.29, 1.82) is 0 Å². The lowest BCUT2D eigenvalue weighted by atomic mass is 10.2. The van der Waals surface area contributed by atoms with Gasteiger partial charge in [0.05, 0.1) is 19.6 Å². The fourth-order valence-electron chi connectivity index (χ4n) is 2.16. The van der Waals surface area contributed by atoms with Crippen LogP contribution in [0.15, 0.2) is 41.3 Å². The van der Waals surface area contributed by atoms with Crippen LogP contribution in [0.2, 0.25) is 10.0 Å². The second-order valence-electron chi connectivity index (χ2n) is 5.47. The number of fused-ring (bicyclic) bond motifs is 1. The van der Waals surface area contributed by atoms with E-state index in [1.54, 1.807) is 24.3 Å². The molecule has 26 heavy (non-hydrogen) atoms. The van der Waals surface area contributed by atoms with Crippen molar-refractivity contribution < 1.29 is 13.2 Å². The van der Waals surface area contributed by atoms with Gasteiger partial charge in [-0.2, -0.15) is 0 Å². The third kappa shape index (κ3) is 4.09. The van der Waals surface area contributed by atoms with Gasteiger partial charge in [0.25, 0.3) is 5.91 Å². The van der Waals surface area contributed by atoms with E-state index in [4.69, 9.17) is 23.2 Å². The molecule has 0 radical (unpaired) electrons. The van der Waals surface area contributed by atoms with E-state index in [0.29, 0.717) is 25.4 Å². The molecule has 2 N–H and O–H groups in total. The first-order valence-electron chi connectivity index (χ1n) is 7.35. The van der Waals surface area contributed by atoms with Gasteiger partial charge >= 0.3 is 0 Å². The minimum atomic E-state index is -3.73. The van der Waals surface area contributed by atoms with E-state index in [2.05, 4.69) is 15.8 Å². The molecule has 136 valence electrons. The number of nitrogens with one attached hydrogen (secondary N) is 2. The first-order chi connectivity index (χ1) is 12.3. The number of aromatic nitrogens is 1. The molecule has 0 aliphatic heterocycles. The van der Waals surface area contributed by atoms with Crippen LogP contribution in [0.25, 0.3) is 10.2 Å². The molecule has 0 saturated heterocycles. The Balaban J connectivity index is 1.68. The number of carbonyl (C=O) groups excluding carboxylic acids is 1. The number of anilines is 1.